The summed E-state index contributed by atoms with van der Waals surface area (Å²) in [5.41, 5.74) is 0. The summed E-state index contributed by atoms with van der Waals surface area (Å²) in [6, 6.07) is 0. The van der Waals surface area contributed by atoms with Gasteiger partial charge in [-0.05, 0) is 18.8 Å². The van der Waals surface area contributed by atoms with Gasteiger partial charge in [-0.1, -0.05) is 27.2 Å². The Morgan fingerprint density at radius 3 is 2.38 bits per heavy atom. The number of nitrogens with one attached hydrogen (secondary N) is 1. The zero-order chi connectivity index (χ0) is 10.3. The minimum Gasteiger partial charge on any atom is -0.215 e. The van der Waals surface area contributed by atoms with Crippen molar-refractivity contribution in [3.63, 3.8) is 0 Å². The SMILES string of the molecule is CCCCS(=O)(=O)NCCC(C)C. The highest BCUT2D eigenvalue weighted by Gasteiger charge is 2.07. The smallest absolute Gasteiger partial charge is 0.211 e. The second kappa shape index (κ2) is 6.38. The lowest BCUT2D eigenvalue weighted by molar-refractivity contribution is 0.550. The van der Waals surface area contributed by atoms with E-state index in [0.29, 0.717) is 12.5 Å². The summed E-state index contributed by atoms with van der Waals surface area (Å²) in [4.78, 5) is 0. The quantitative estimate of drug-likeness (QED) is 0.691. The molecule has 4 heteroatoms. The molecule has 0 saturated carbocycles. The minimum atomic E-state index is -2.99. The van der Waals surface area contributed by atoms with Crippen molar-refractivity contribution in [1.82, 2.24) is 4.72 Å². The van der Waals surface area contributed by atoms with Gasteiger partial charge in [0, 0.05) is 6.54 Å². The van der Waals surface area contributed by atoms with Crippen molar-refractivity contribution < 1.29 is 8.42 Å². The van der Waals surface area contributed by atoms with Gasteiger partial charge in [-0.15, -0.1) is 0 Å². The molecule has 0 heterocycles. The highest BCUT2D eigenvalue weighted by Crippen LogP contribution is 1.98. The third kappa shape index (κ3) is 8.25. The molecule has 80 valence electrons. The molecule has 0 radical (unpaired) electrons. The molecule has 0 amide bonds. The molecule has 0 aliphatic heterocycles. The molecule has 0 unspecified atom stereocenters. The maximum atomic E-state index is 11.3. The first-order valence-electron chi connectivity index (χ1n) is 4.95. The van der Waals surface area contributed by atoms with Crippen LogP contribution in [0.4, 0.5) is 0 Å². The predicted octanol–water partition coefficient (Wildman–Crippen LogP) is 1.75. The molecular formula is C9H21NO2S. The van der Waals surface area contributed by atoms with E-state index in [9.17, 15) is 8.42 Å². The number of sulfonamides is 1. The minimum absolute atomic E-state index is 0.265. The first-order chi connectivity index (χ1) is 5.98. The first-order valence-corrected chi connectivity index (χ1v) is 6.60. The van der Waals surface area contributed by atoms with Crippen molar-refractivity contribution >= 4 is 10.0 Å². The lowest BCUT2D eigenvalue weighted by Crippen LogP contribution is -2.27. The van der Waals surface area contributed by atoms with E-state index in [2.05, 4.69) is 18.6 Å². The normalized spacial score (nSPS) is 12.3. The fourth-order valence-electron chi connectivity index (χ4n) is 0.910. The molecule has 13 heavy (non-hydrogen) atoms. The monoisotopic (exact) mass is 207 g/mol. The highest BCUT2D eigenvalue weighted by atomic mass is 32.2. The standard InChI is InChI=1S/C9H21NO2S/c1-4-5-8-13(11,12)10-7-6-9(2)3/h9-10H,4-8H2,1-3H3. The molecule has 0 fully saturated rings. The molecule has 0 saturated heterocycles. The molecule has 0 aliphatic carbocycles. The van der Waals surface area contributed by atoms with Crippen LogP contribution in [0.3, 0.4) is 0 Å². The van der Waals surface area contributed by atoms with E-state index in [4.69, 9.17) is 0 Å². The van der Waals surface area contributed by atoms with Gasteiger partial charge in [0.05, 0.1) is 5.75 Å². The summed E-state index contributed by atoms with van der Waals surface area (Å²) in [5.74, 6) is 0.815. The molecule has 0 aliphatic rings. The van der Waals surface area contributed by atoms with Crippen LogP contribution in [0.2, 0.25) is 0 Å². The van der Waals surface area contributed by atoms with Gasteiger partial charge in [-0.2, -0.15) is 0 Å². The van der Waals surface area contributed by atoms with E-state index in [0.717, 1.165) is 19.3 Å². The van der Waals surface area contributed by atoms with Crippen LogP contribution in [0.5, 0.6) is 0 Å². The molecule has 0 atom stereocenters. The van der Waals surface area contributed by atoms with Crippen LogP contribution in [-0.2, 0) is 10.0 Å². The third-order valence-electron chi connectivity index (χ3n) is 1.81. The van der Waals surface area contributed by atoms with Crippen molar-refractivity contribution in [3.05, 3.63) is 0 Å². The van der Waals surface area contributed by atoms with Gasteiger partial charge in [0.1, 0.15) is 0 Å². The molecule has 0 aromatic carbocycles. The summed E-state index contributed by atoms with van der Waals surface area (Å²) in [6.07, 6.45) is 2.58. The van der Waals surface area contributed by atoms with Crippen molar-refractivity contribution in [2.45, 2.75) is 40.0 Å². The second-order valence-corrected chi connectivity index (χ2v) is 5.68. The Morgan fingerprint density at radius 1 is 1.31 bits per heavy atom. The van der Waals surface area contributed by atoms with Gasteiger partial charge < -0.3 is 0 Å². The molecule has 1 N–H and O–H groups in total. The molecule has 0 rings (SSSR count). The number of rotatable bonds is 7. The predicted molar refractivity (Wildman–Crippen MR) is 56.2 cm³/mol. The summed E-state index contributed by atoms with van der Waals surface area (Å²) in [5, 5.41) is 0. The Hall–Kier alpha value is -0.0900. The van der Waals surface area contributed by atoms with Gasteiger partial charge in [0.2, 0.25) is 10.0 Å². The molecule has 3 nitrogen and oxygen atoms in total. The average Bonchev–Trinajstić information content (AvgIpc) is 2.00. The lowest BCUT2D eigenvalue weighted by Gasteiger charge is -2.07. The largest absolute Gasteiger partial charge is 0.215 e. The van der Waals surface area contributed by atoms with Crippen molar-refractivity contribution in [1.29, 1.82) is 0 Å². The van der Waals surface area contributed by atoms with Crippen LogP contribution < -0.4 is 4.72 Å². The lowest BCUT2D eigenvalue weighted by atomic mass is 10.1. The van der Waals surface area contributed by atoms with Gasteiger partial charge in [0.25, 0.3) is 0 Å². The highest BCUT2D eigenvalue weighted by molar-refractivity contribution is 7.89. The Kier molecular flexibility index (Phi) is 6.33. The average molecular weight is 207 g/mol. The zero-order valence-electron chi connectivity index (χ0n) is 8.84. The van der Waals surface area contributed by atoms with E-state index in [1.165, 1.54) is 0 Å². The van der Waals surface area contributed by atoms with Crippen LogP contribution in [-0.4, -0.2) is 20.7 Å². The Balaban J connectivity index is 3.64. The maximum Gasteiger partial charge on any atom is 0.211 e. The molecule has 0 aromatic rings. The van der Waals surface area contributed by atoms with Gasteiger partial charge in [-0.3, -0.25) is 0 Å². The molecular weight excluding hydrogens is 186 g/mol. The van der Waals surface area contributed by atoms with Crippen LogP contribution in [0, 0.1) is 5.92 Å². The maximum absolute atomic E-state index is 11.3. The van der Waals surface area contributed by atoms with Crippen LogP contribution in [0.1, 0.15) is 40.0 Å². The van der Waals surface area contributed by atoms with Crippen molar-refractivity contribution in [3.8, 4) is 0 Å². The number of hydrogen-bond donors (Lipinski definition) is 1. The molecule has 0 aromatic heterocycles. The van der Waals surface area contributed by atoms with E-state index in [-0.39, 0.29) is 5.75 Å². The molecule has 0 bridgehead atoms. The summed E-state index contributed by atoms with van der Waals surface area (Å²) >= 11 is 0. The van der Waals surface area contributed by atoms with E-state index >= 15 is 0 Å². The van der Waals surface area contributed by atoms with Crippen molar-refractivity contribution in [2.24, 2.45) is 5.92 Å². The van der Waals surface area contributed by atoms with Crippen molar-refractivity contribution in [2.75, 3.05) is 12.3 Å². The van der Waals surface area contributed by atoms with Crippen LogP contribution in [0.15, 0.2) is 0 Å². The Labute approximate surface area is 82.0 Å². The molecule has 0 spiro atoms. The summed E-state index contributed by atoms with van der Waals surface area (Å²) in [7, 11) is -2.99. The third-order valence-corrected chi connectivity index (χ3v) is 3.28. The first kappa shape index (κ1) is 12.9. The van der Waals surface area contributed by atoms with E-state index in [1.807, 2.05) is 6.92 Å². The van der Waals surface area contributed by atoms with Crippen LogP contribution in [0.25, 0.3) is 0 Å². The van der Waals surface area contributed by atoms with Gasteiger partial charge in [-0.25, -0.2) is 13.1 Å². The Morgan fingerprint density at radius 2 is 1.92 bits per heavy atom. The topological polar surface area (TPSA) is 46.2 Å². The fourth-order valence-corrected chi connectivity index (χ4v) is 2.15. The number of hydrogen-bond acceptors (Lipinski definition) is 2. The van der Waals surface area contributed by atoms with Crippen LogP contribution >= 0.6 is 0 Å². The number of unbranched alkanes of at least 4 members (excludes halogenated alkanes) is 1. The zero-order valence-corrected chi connectivity index (χ0v) is 9.65. The van der Waals surface area contributed by atoms with E-state index in [1.54, 1.807) is 0 Å². The van der Waals surface area contributed by atoms with E-state index < -0.39 is 10.0 Å². The summed E-state index contributed by atoms with van der Waals surface area (Å²) in [6.45, 7) is 6.73. The Bertz CT molecular complexity index is 210. The van der Waals surface area contributed by atoms with Gasteiger partial charge in [0.15, 0.2) is 0 Å². The fraction of sp³-hybridized carbons (Fsp3) is 1.00. The van der Waals surface area contributed by atoms with Gasteiger partial charge >= 0.3 is 0 Å². The second-order valence-electron chi connectivity index (χ2n) is 3.75. The summed E-state index contributed by atoms with van der Waals surface area (Å²) < 4.78 is 25.1.